The van der Waals surface area contributed by atoms with Gasteiger partial charge in [0.1, 0.15) is 5.82 Å². The average molecular weight is 394 g/mol. The van der Waals surface area contributed by atoms with Crippen LogP contribution in [0.15, 0.2) is 36.8 Å². The van der Waals surface area contributed by atoms with Crippen LogP contribution in [0.25, 0.3) is 11.3 Å². The van der Waals surface area contributed by atoms with Crippen LogP contribution >= 0.6 is 0 Å². The van der Waals surface area contributed by atoms with E-state index in [0.29, 0.717) is 48.2 Å². The number of halogens is 1. The SMILES string of the molecule is Nc1cnc(-c2ccc(C3CCC3)c(OCCCc3ccnc(N)n3)c2F)cn1. The van der Waals surface area contributed by atoms with Crippen LogP contribution in [-0.4, -0.2) is 26.5 Å². The van der Waals surface area contributed by atoms with Crippen molar-refractivity contribution in [2.24, 2.45) is 0 Å². The molecule has 0 amide bonds. The molecule has 7 nitrogen and oxygen atoms in total. The molecule has 0 unspecified atom stereocenters. The van der Waals surface area contributed by atoms with Crippen LogP contribution in [0.3, 0.4) is 0 Å². The van der Waals surface area contributed by atoms with Gasteiger partial charge in [-0.2, -0.15) is 0 Å². The van der Waals surface area contributed by atoms with Crippen LogP contribution in [-0.2, 0) is 6.42 Å². The maximum Gasteiger partial charge on any atom is 0.220 e. The second-order valence-corrected chi connectivity index (χ2v) is 7.16. The molecule has 0 atom stereocenters. The summed E-state index contributed by atoms with van der Waals surface area (Å²) in [5, 5.41) is 0. The number of anilines is 2. The van der Waals surface area contributed by atoms with Crippen molar-refractivity contribution in [2.75, 3.05) is 18.1 Å². The molecule has 8 heteroatoms. The lowest BCUT2D eigenvalue weighted by atomic mass is 9.79. The summed E-state index contributed by atoms with van der Waals surface area (Å²) < 4.78 is 21.3. The van der Waals surface area contributed by atoms with Gasteiger partial charge in [0.25, 0.3) is 0 Å². The predicted octanol–water partition coefficient (Wildman–Crippen LogP) is 3.52. The van der Waals surface area contributed by atoms with E-state index in [1.165, 1.54) is 12.4 Å². The van der Waals surface area contributed by atoms with Gasteiger partial charge in [0.15, 0.2) is 11.6 Å². The lowest BCUT2D eigenvalue weighted by molar-refractivity contribution is 0.284. The van der Waals surface area contributed by atoms with Gasteiger partial charge in [-0.3, -0.25) is 4.98 Å². The smallest absolute Gasteiger partial charge is 0.220 e. The maximum atomic E-state index is 15.4. The van der Waals surface area contributed by atoms with Gasteiger partial charge in [-0.15, -0.1) is 0 Å². The molecule has 1 aromatic carbocycles. The van der Waals surface area contributed by atoms with Crippen molar-refractivity contribution in [3.8, 4) is 17.0 Å². The number of ether oxygens (including phenoxy) is 1. The normalized spacial score (nSPS) is 13.8. The zero-order valence-electron chi connectivity index (χ0n) is 16.0. The van der Waals surface area contributed by atoms with Gasteiger partial charge >= 0.3 is 0 Å². The molecule has 1 saturated carbocycles. The molecule has 1 fully saturated rings. The van der Waals surface area contributed by atoms with E-state index in [-0.39, 0.29) is 5.95 Å². The Hall–Kier alpha value is -3.29. The van der Waals surface area contributed by atoms with E-state index in [0.717, 1.165) is 30.5 Å². The number of hydrogen-bond donors (Lipinski definition) is 2. The molecule has 0 saturated heterocycles. The van der Waals surface area contributed by atoms with E-state index in [9.17, 15) is 0 Å². The van der Waals surface area contributed by atoms with Crippen LogP contribution in [0.4, 0.5) is 16.2 Å². The van der Waals surface area contributed by atoms with Gasteiger partial charge in [0.2, 0.25) is 5.95 Å². The predicted molar refractivity (Wildman–Crippen MR) is 109 cm³/mol. The monoisotopic (exact) mass is 394 g/mol. The zero-order valence-corrected chi connectivity index (χ0v) is 16.0. The fourth-order valence-electron chi connectivity index (χ4n) is 3.41. The molecule has 0 aliphatic heterocycles. The van der Waals surface area contributed by atoms with E-state index < -0.39 is 5.82 Å². The molecule has 0 radical (unpaired) electrons. The first-order chi connectivity index (χ1) is 14.1. The summed E-state index contributed by atoms with van der Waals surface area (Å²) in [6.07, 6.45) is 9.15. The van der Waals surface area contributed by atoms with E-state index >= 15 is 4.39 Å². The average Bonchev–Trinajstić information content (AvgIpc) is 2.67. The second kappa shape index (κ2) is 8.38. The van der Waals surface area contributed by atoms with Gasteiger partial charge in [-0.1, -0.05) is 12.5 Å². The number of rotatable bonds is 7. The lowest BCUT2D eigenvalue weighted by Crippen LogP contribution is -2.13. The molecule has 2 heterocycles. The van der Waals surface area contributed by atoms with E-state index in [1.54, 1.807) is 12.3 Å². The van der Waals surface area contributed by atoms with Gasteiger partial charge in [-0.25, -0.2) is 19.3 Å². The summed E-state index contributed by atoms with van der Waals surface area (Å²) in [5.41, 5.74) is 13.8. The highest BCUT2D eigenvalue weighted by Gasteiger charge is 2.26. The fourth-order valence-corrected chi connectivity index (χ4v) is 3.41. The van der Waals surface area contributed by atoms with Crippen molar-refractivity contribution >= 4 is 11.8 Å². The minimum Gasteiger partial charge on any atom is -0.490 e. The Labute approximate surface area is 168 Å². The summed E-state index contributed by atoms with van der Waals surface area (Å²) in [4.78, 5) is 16.3. The zero-order chi connectivity index (χ0) is 20.2. The van der Waals surface area contributed by atoms with Crippen LogP contribution < -0.4 is 16.2 Å². The van der Waals surface area contributed by atoms with E-state index in [1.807, 2.05) is 12.1 Å². The molecule has 4 N–H and O–H groups in total. The number of nitrogen functional groups attached to an aromatic ring is 2. The number of nitrogens with zero attached hydrogens (tertiary/aromatic N) is 4. The van der Waals surface area contributed by atoms with Gasteiger partial charge < -0.3 is 16.2 Å². The number of benzene rings is 1. The standard InChI is InChI=1S/C21H23FN6O/c22-19-16(17-11-27-18(23)12-26-17)7-6-15(13-3-1-4-13)20(19)29-10-2-5-14-8-9-25-21(24)28-14/h6-9,11-13H,1-5,10H2,(H2,23,27)(H2,24,25,28). The van der Waals surface area contributed by atoms with Gasteiger partial charge in [-0.05, 0) is 43.7 Å². The molecular formula is C21H23FN6O. The molecule has 0 bridgehead atoms. The summed E-state index contributed by atoms with van der Waals surface area (Å²) in [6.45, 7) is 0.372. The summed E-state index contributed by atoms with van der Waals surface area (Å²) in [5.74, 6) is 0.793. The molecule has 1 aliphatic rings. The highest BCUT2D eigenvalue weighted by Crippen LogP contribution is 2.43. The van der Waals surface area contributed by atoms with Crippen molar-refractivity contribution in [1.29, 1.82) is 0 Å². The van der Waals surface area contributed by atoms with Crippen molar-refractivity contribution in [3.63, 3.8) is 0 Å². The van der Waals surface area contributed by atoms with Crippen LogP contribution in [0.5, 0.6) is 5.75 Å². The first kappa shape index (κ1) is 19.0. The quantitative estimate of drug-likeness (QED) is 0.590. The maximum absolute atomic E-state index is 15.4. The molecule has 3 aromatic rings. The topological polar surface area (TPSA) is 113 Å². The third kappa shape index (κ3) is 4.26. The fraction of sp³-hybridized carbons (Fsp3) is 0.333. The third-order valence-electron chi connectivity index (χ3n) is 5.18. The summed E-state index contributed by atoms with van der Waals surface area (Å²) in [6, 6.07) is 5.51. The molecule has 1 aliphatic carbocycles. The van der Waals surface area contributed by atoms with Crippen molar-refractivity contribution in [2.45, 2.75) is 38.0 Å². The molecule has 4 rings (SSSR count). The van der Waals surface area contributed by atoms with Crippen LogP contribution in [0.2, 0.25) is 0 Å². The highest BCUT2D eigenvalue weighted by atomic mass is 19.1. The number of nitrogens with two attached hydrogens (primary N) is 2. The van der Waals surface area contributed by atoms with Crippen molar-refractivity contribution in [1.82, 2.24) is 19.9 Å². The van der Waals surface area contributed by atoms with Gasteiger partial charge in [0, 0.05) is 23.0 Å². The molecule has 150 valence electrons. The summed E-state index contributed by atoms with van der Waals surface area (Å²) >= 11 is 0. The van der Waals surface area contributed by atoms with Gasteiger partial charge in [0.05, 0.1) is 24.7 Å². The van der Waals surface area contributed by atoms with Crippen LogP contribution in [0.1, 0.15) is 42.9 Å². The Morgan fingerprint density at radius 3 is 2.62 bits per heavy atom. The minimum absolute atomic E-state index is 0.249. The highest BCUT2D eigenvalue weighted by molar-refractivity contribution is 5.64. The Balaban J connectivity index is 1.53. The molecule has 29 heavy (non-hydrogen) atoms. The Morgan fingerprint density at radius 2 is 1.93 bits per heavy atom. The Kier molecular flexibility index (Phi) is 5.50. The first-order valence-corrected chi connectivity index (χ1v) is 9.72. The lowest BCUT2D eigenvalue weighted by Gasteiger charge is -2.28. The minimum atomic E-state index is -0.403. The second-order valence-electron chi connectivity index (χ2n) is 7.16. The largest absolute Gasteiger partial charge is 0.490 e. The first-order valence-electron chi connectivity index (χ1n) is 9.72. The number of aryl methyl sites for hydroxylation is 1. The third-order valence-corrected chi connectivity index (χ3v) is 5.18. The van der Waals surface area contributed by atoms with E-state index in [4.69, 9.17) is 16.2 Å². The number of hydrogen-bond acceptors (Lipinski definition) is 7. The molecular weight excluding hydrogens is 371 g/mol. The molecule has 0 spiro atoms. The summed E-state index contributed by atoms with van der Waals surface area (Å²) in [7, 11) is 0. The molecule has 2 aromatic heterocycles. The van der Waals surface area contributed by atoms with E-state index in [2.05, 4.69) is 19.9 Å². The Morgan fingerprint density at radius 1 is 1.07 bits per heavy atom. The van der Waals surface area contributed by atoms with Crippen LogP contribution in [0, 0.1) is 5.82 Å². The van der Waals surface area contributed by atoms with Crippen molar-refractivity contribution in [3.05, 3.63) is 53.9 Å². The van der Waals surface area contributed by atoms with Crippen molar-refractivity contribution < 1.29 is 9.13 Å². The number of aromatic nitrogens is 4. The Bertz CT molecular complexity index is 991.